The zero-order valence-corrected chi connectivity index (χ0v) is 8.57. The maximum absolute atomic E-state index is 10.6. The second-order valence-electron chi connectivity index (χ2n) is 3.23. The van der Waals surface area contributed by atoms with Crippen molar-refractivity contribution in [3.05, 3.63) is 46.5 Å². The largest absolute Gasteiger partial charge is 0.397 e. The molecule has 1 aromatic heterocycles. The highest BCUT2D eigenvalue weighted by atomic mass is 16.6. The van der Waals surface area contributed by atoms with Crippen LogP contribution in [0.1, 0.15) is 5.82 Å². The Labute approximate surface area is 95.9 Å². The number of nitro groups is 1. The van der Waals surface area contributed by atoms with Crippen LogP contribution in [0.25, 0.3) is 5.69 Å². The zero-order chi connectivity index (χ0) is 12.4. The van der Waals surface area contributed by atoms with Crippen molar-refractivity contribution in [3.63, 3.8) is 0 Å². The van der Waals surface area contributed by atoms with E-state index in [2.05, 4.69) is 4.98 Å². The number of nitrogen functional groups attached to an aromatic ring is 1. The Morgan fingerprint density at radius 3 is 2.88 bits per heavy atom. The number of nitriles is 1. The number of imidazole rings is 1. The second-order valence-corrected chi connectivity index (χ2v) is 3.23. The summed E-state index contributed by atoms with van der Waals surface area (Å²) in [4.78, 5) is 13.8. The van der Waals surface area contributed by atoms with Crippen molar-refractivity contribution in [3.8, 4) is 11.8 Å². The predicted octanol–water partition coefficient (Wildman–Crippen LogP) is 1.23. The molecule has 0 saturated carbocycles. The first kappa shape index (κ1) is 10.6. The molecule has 1 heterocycles. The molecule has 1 aromatic carbocycles. The third-order valence-electron chi connectivity index (χ3n) is 2.22. The van der Waals surface area contributed by atoms with Gasteiger partial charge in [0.25, 0.3) is 5.69 Å². The summed E-state index contributed by atoms with van der Waals surface area (Å²) in [5, 5.41) is 19.4. The van der Waals surface area contributed by atoms with Crippen LogP contribution in [0.2, 0.25) is 0 Å². The number of hydrogen-bond acceptors (Lipinski definition) is 5. The van der Waals surface area contributed by atoms with Gasteiger partial charge >= 0.3 is 0 Å². The van der Waals surface area contributed by atoms with E-state index in [1.807, 2.05) is 6.07 Å². The summed E-state index contributed by atoms with van der Waals surface area (Å²) in [6.45, 7) is 0. The predicted molar refractivity (Wildman–Crippen MR) is 59.3 cm³/mol. The fourth-order valence-corrected chi connectivity index (χ4v) is 1.46. The summed E-state index contributed by atoms with van der Waals surface area (Å²) >= 11 is 0. The molecule has 0 aliphatic carbocycles. The maximum Gasteiger partial charge on any atom is 0.271 e. The Morgan fingerprint density at radius 1 is 1.53 bits per heavy atom. The van der Waals surface area contributed by atoms with Gasteiger partial charge in [-0.3, -0.25) is 14.7 Å². The molecule has 2 rings (SSSR count). The number of aromatic nitrogens is 2. The minimum atomic E-state index is -0.529. The van der Waals surface area contributed by atoms with E-state index in [0.717, 1.165) is 0 Å². The van der Waals surface area contributed by atoms with Crippen molar-refractivity contribution in [2.45, 2.75) is 0 Å². The fourth-order valence-electron chi connectivity index (χ4n) is 1.46. The van der Waals surface area contributed by atoms with Crippen LogP contribution in [-0.2, 0) is 0 Å². The molecule has 0 atom stereocenters. The van der Waals surface area contributed by atoms with E-state index in [-0.39, 0.29) is 17.2 Å². The highest BCUT2D eigenvalue weighted by Gasteiger charge is 2.11. The third kappa shape index (κ3) is 1.79. The summed E-state index contributed by atoms with van der Waals surface area (Å²) in [5.74, 6) is 0.172. The first-order valence-electron chi connectivity index (χ1n) is 4.61. The Hall–Kier alpha value is -2.88. The van der Waals surface area contributed by atoms with E-state index in [1.165, 1.54) is 29.0 Å². The normalized spacial score (nSPS) is 9.82. The molecule has 2 N–H and O–H groups in total. The van der Waals surface area contributed by atoms with Crippen LogP contribution in [0.3, 0.4) is 0 Å². The molecule has 0 aliphatic rings. The van der Waals surface area contributed by atoms with Crippen LogP contribution in [0, 0.1) is 21.4 Å². The Morgan fingerprint density at radius 2 is 2.29 bits per heavy atom. The first-order valence-corrected chi connectivity index (χ1v) is 4.61. The molecule has 0 unspecified atom stereocenters. The quantitative estimate of drug-likeness (QED) is 0.473. The first-order chi connectivity index (χ1) is 8.13. The van der Waals surface area contributed by atoms with Gasteiger partial charge in [0.1, 0.15) is 6.07 Å². The van der Waals surface area contributed by atoms with Gasteiger partial charge < -0.3 is 5.73 Å². The van der Waals surface area contributed by atoms with Gasteiger partial charge in [0, 0.05) is 24.5 Å². The van der Waals surface area contributed by atoms with Crippen LogP contribution in [-0.4, -0.2) is 14.5 Å². The van der Waals surface area contributed by atoms with E-state index >= 15 is 0 Å². The van der Waals surface area contributed by atoms with Crippen molar-refractivity contribution < 1.29 is 4.92 Å². The van der Waals surface area contributed by atoms with Crippen LogP contribution < -0.4 is 5.73 Å². The number of nitrogens with two attached hydrogens (primary N) is 1. The minimum Gasteiger partial charge on any atom is -0.397 e. The molecular formula is C10H7N5O2. The van der Waals surface area contributed by atoms with Gasteiger partial charge in [-0.15, -0.1) is 0 Å². The number of nitro benzene ring substituents is 1. The van der Waals surface area contributed by atoms with E-state index in [0.29, 0.717) is 5.69 Å². The summed E-state index contributed by atoms with van der Waals surface area (Å²) < 4.78 is 1.47. The summed E-state index contributed by atoms with van der Waals surface area (Å²) in [5.41, 5.74) is 6.33. The van der Waals surface area contributed by atoms with Crippen LogP contribution in [0.4, 0.5) is 11.4 Å². The average Bonchev–Trinajstić information content (AvgIpc) is 2.76. The van der Waals surface area contributed by atoms with E-state index in [9.17, 15) is 10.1 Å². The van der Waals surface area contributed by atoms with Gasteiger partial charge in [-0.05, 0) is 6.07 Å². The van der Waals surface area contributed by atoms with Gasteiger partial charge in [0.2, 0.25) is 5.82 Å². The van der Waals surface area contributed by atoms with Crippen molar-refractivity contribution in [1.82, 2.24) is 9.55 Å². The maximum atomic E-state index is 10.6. The van der Waals surface area contributed by atoms with E-state index < -0.39 is 4.92 Å². The number of hydrogen-bond donors (Lipinski definition) is 1. The average molecular weight is 229 g/mol. The third-order valence-corrected chi connectivity index (χ3v) is 2.22. The fraction of sp³-hybridized carbons (Fsp3) is 0. The zero-order valence-electron chi connectivity index (χ0n) is 8.57. The topological polar surface area (TPSA) is 111 Å². The standard InChI is InChI=1S/C10H7N5O2/c11-6-10-13-3-4-14(10)9-2-1-7(15(16)17)5-8(9)12/h1-5H,12H2. The monoisotopic (exact) mass is 229 g/mol. The number of anilines is 1. The van der Waals surface area contributed by atoms with Crippen LogP contribution in [0.15, 0.2) is 30.6 Å². The number of rotatable bonds is 2. The molecule has 0 spiro atoms. The summed E-state index contributed by atoms with van der Waals surface area (Å²) in [6, 6.07) is 5.96. The molecule has 0 radical (unpaired) electrons. The molecule has 7 nitrogen and oxygen atoms in total. The summed E-state index contributed by atoms with van der Waals surface area (Å²) in [7, 11) is 0. The highest BCUT2D eigenvalue weighted by molar-refractivity contribution is 5.63. The molecule has 0 fully saturated rings. The van der Waals surface area contributed by atoms with Gasteiger partial charge in [0.05, 0.1) is 16.3 Å². The lowest BCUT2D eigenvalue weighted by Crippen LogP contribution is -2.02. The Balaban J connectivity index is 2.55. The second kappa shape index (κ2) is 3.94. The van der Waals surface area contributed by atoms with Gasteiger partial charge in [-0.25, -0.2) is 4.98 Å². The molecule has 0 bridgehead atoms. The Bertz CT molecular complexity index is 626. The Kier molecular flexibility index (Phi) is 2.46. The lowest BCUT2D eigenvalue weighted by molar-refractivity contribution is -0.384. The van der Waals surface area contributed by atoms with Crippen molar-refractivity contribution in [2.75, 3.05) is 5.73 Å². The molecule has 0 saturated heterocycles. The van der Waals surface area contributed by atoms with Crippen molar-refractivity contribution in [1.29, 1.82) is 5.26 Å². The van der Waals surface area contributed by atoms with Gasteiger partial charge in [-0.2, -0.15) is 5.26 Å². The molecule has 0 amide bonds. The van der Waals surface area contributed by atoms with Crippen molar-refractivity contribution in [2.24, 2.45) is 0 Å². The van der Waals surface area contributed by atoms with Gasteiger partial charge in [-0.1, -0.05) is 0 Å². The lowest BCUT2D eigenvalue weighted by Gasteiger charge is -2.06. The smallest absolute Gasteiger partial charge is 0.271 e. The summed E-state index contributed by atoms with van der Waals surface area (Å²) in [6.07, 6.45) is 3.02. The lowest BCUT2D eigenvalue weighted by atomic mass is 10.2. The molecule has 7 heteroatoms. The number of benzene rings is 1. The molecular weight excluding hydrogens is 222 g/mol. The van der Waals surface area contributed by atoms with E-state index in [4.69, 9.17) is 11.0 Å². The number of nitrogens with zero attached hydrogens (tertiary/aromatic N) is 4. The van der Waals surface area contributed by atoms with Gasteiger partial charge in [0.15, 0.2) is 0 Å². The van der Waals surface area contributed by atoms with E-state index in [1.54, 1.807) is 6.20 Å². The highest BCUT2D eigenvalue weighted by Crippen LogP contribution is 2.23. The van der Waals surface area contributed by atoms with Crippen LogP contribution in [0.5, 0.6) is 0 Å². The SMILES string of the molecule is N#Cc1nccn1-c1ccc([N+](=O)[O-])cc1N. The molecule has 84 valence electrons. The van der Waals surface area contributed by atoms with Crippen LogP contribution >= 0.6 is 0 Å². The van der Waals surface area contributed by atoms with Crippen molar-refractivity contribution >= 4 is 11.4 Å². The number of non-ortho nitro benzene ring substituents is 1. The molecule has 0 aliphatic heterocycles. The molecule has 2 aromatic rings. The molecule has 17 heavy (non-hydrogen) atoms. The minimum absolute atomic E-state index is 0.0927.